The minimum absolute atomic E-state index is 0.0903. The van der Waals surface area contributed by atoms with E-state index >= 15 is 0 Å². The smallest absolute Gasteiger partial charge is 0.158 e. The Morgan fingerprint density at radius 1 is 1.50 bits per heavy atom. The Labute approximate surface area is 122 Å². The first-order valence-electron chi connectivity index (χ1n) is 6.77. The zero-order valence-electron chi connectivity index (χ0n) is 11.1. The lowest BCUT2D eigenvalue weighted by Crippen LogP contribution is -2.22. The Morgan fingerprint density at radius 2 is 2.40 bits per heavy atom. The number of hydrogen-bond acceptors (Lipinski definition) is 4. The summed E-state index contributed by atoms with van der Waals surface area (Å²) < 4.78 is 13.1. The van der Waals surface area contributed by atoms with Gasteiger partial charge in [0.15, 0.2) is 6.29 Å². The highest BCUT2D eigenvalue weighted by molar-refractivity contribution is 6.30. The standard InChI is InChI=1S/C14H17ClN2O3/c15-10-4-5-17-12(8-18)11(16-13(17)7-10)9-20-14-3-1-2-6-19-14/h4-5,7,14,18H,1-3,6,8-9H2. The van der Waals surface area contributed by atoms with Crippen molar-refractivity contribution >= 4 is 17.2 Å². The van der Waals surface area contributed by atoms with Gasteiger partial charge in [-0.2, -0.15) is 0 Å². The SMILES string of the molecule is OCc1c(COC2CCCCO2)nc2cc(Cl)ccn12. The third-order valence-electron chi connectivity index (χ3n) is 3.46. The van der Waals surface area contributed by atoms with Crippen molar-refractivity contribution in [1.82, 2.24) is 9.38 Å². The second-order valence-corrected chi connectivity index (χ2v) is 5.28. The fourth-order valence-corrected chi connectivity index (χ4v) is 2.57. The average Bonchev–Trinajstić information content (AvgIpc) is 2.82. The molecule has 1 aliphatic heterocycles. The molecular formula is C14H17ClN2O3. The van der Waals surface area contributed by atoms with Gasteiger partial charge in [-0.05, 0) is 25.3 Å². The number of ether oxygens (including phenoxy) is 2. The quantitative estimate of drug-likeness (QED) is 0.942. The number of nitrogens with zero attached hydrogens (tertiary/aromatic N) is 2. The van der Waals surface area contributed by atoms with Gasteiger partial charge in [-0.1, -0.05) is 11.6 Å². The third-order valence-corrected chi connectivity index (χ3v) is 3.70. The van der Waals surface area contributed by atoms with Crippen LogP contribution in [0.25, 0.3) is 5.65 Å². The van der Waals surface area contributed by atoms with Gasteiger partial charge in [-0.3, -0.25) is 0 Å². The molecule has 5 nitrogen and oxygen atoms in total. The van der Waals surface area contributed by atoms with Gasteiger partial charge in [0.1, 0.15) is 5.65 Å². The Morgan fingerprint density at radius 3 is 3.15 bits per heavy atom. The number of aromatic nitrogens is 2. The van der Waals surface area contributed by atoms with E-state index in [0.29, 0.717) is 17.3 Å². The summed E-state index contributed by atoms with van der Waals surface area (Å²) in [6.07, 6.45) is 4.76. The number of aliphatic hydroxyl groups excluding tert-OH is 1. The second kappa shape index (κ2) is 6.10. The van der Waals surface area contributed by atoms with Crippen LogP contribution in [0.1, 0.15) is 30.7 Å². The molecule has 0 saturated carbocycles. The molecule has 1 atom stereocenters. The molecule has 2 aromatic rings. The van der Waals surface area contributed by atoms with Crippen LogP contribution in [0.5, 0.6) is 0 Å². The van der Waals surface area contributed by atoms with E-state index in [9.17, 15) is 5.11 Å². The maximum absolute atomic E-state index is 9.53. The maximum Gasteiger partial charge on any atom is 0.158 e. The van der Waals surface area contributed by atoms with E-state index in [1.165, 1.54) is 0 Å². The fourth-order valence-electron chi connectivity index (χ4n) is 2.42. The van der Waals surface area contributed by atoms with Crippen LogP contribution in [-0.4, -0.2) is 27.4 Å². The summed E-state index contributed by atoms with van der Waals surface area (Å²) in [5, 5.41) is 10.2. The summed E-state index contributed by atoms with van der Waals surface area (Å²) in [5.74, 6) is 0. The molecule has 0 radical (unpaired) electrons. The number of aliphatic hydroxyl groups is 1. The molecule has 0 bridgehead atoms. The summed E-state index contributed by atoms with van der Waals surface area (Å²) >= 11 is 5.96. The van der Waals surface area contributed by atoms with Crippen molar-refractivity contribution in [2.24, 2.45) is 0 Å². The highest BCUT2D eigenvalue weighted by Gasteiger charge is 2.17. The van der Waals surface area contributed by atoms with Gasteiger partial charge in [-0.25, -0.2) is 4.98 Å². The minimum Gasteiger partial charge on any atom is -0.390 e. The largest absolute Gasteiger partial charge is 0.390 e. The molecule has 1 aliphatic rings. The second-order valence-electron chi connectivity index (χ2n) is 4.84. The van der Waals surface area contributed by atoms with Crippen LogP contribution in [-0.2, 0) is 22.7 Å². The van der Waals surface area contributed by atoms with Crippen LogP contribution in [0.15, 0.2) is 18.3 Å². The lowest BCUT2D eigenvalue weighted by molar-refractivity contribution is -0.169. The molecule has 108 valence electrons. The number of hydrogen-bond donors (Lipinski definition) is 1. The van der Waals surface area contributed by atoms with Crippen molar-refractivity contribution in [3.63, 3.8) is 0 Å². The topological polar surface area (TPSA) is 56.0 Å². The lowest BCUT2D eigenvalue weighted by Gasteiger charge is -2.22. The molecule has 0 amide bonds. The zero-order valence-corrected chi connectivity index (χ0v) is 11.8. The number of imidazole rings is 1. The summed E-state index contributed by atoms with van der Waals surface area (Å²) in [7, 11) is 0. The fraction of sp³-hybridized carbons (Fsp3) is 0.500. The Bertz CT molecular complexity index is 593. The van der Waals surface area contributed by atoms with Crippen LogP contribution in [0.4, 0.5) is 0 Å². The molecule has 1 unspecified atom stereocenters. The van der Waals surface area contributed by atoms with Crippen molar-refractivity contribution in [2.45, 2.75) is 38.8 Å². The van der Waals surface area contributed by atoms with Crippen molar-refractivity contribution in [3.05, 3.63) is 34.7 Å². The first-order valence-corrected chi connectivity index (χ1v) is 7.15. The highest BCUT2D eigenvalue weighted by atomic mass is 35.5. The number of halogens is 1. The predicted molar refractivity (Wildman–Crippen MR) is 74.5 cm³/mol. The monoisotopic (exact) mass is 296 g/mol. The van der Waals surface area contributed by atoms with E-state index in [0.717, 1.165) is 37.3 Å². The molecule has 0 aliphatic carbocycles. The molecule has 0 spiro atoms. The van der Waals surface area contributed by atoms with Crippen LogP contribution < -0.4 is 0 Å². The van der Waals surface area contributed by atoms with E-state index in [1.54, 1.807) is 18.3 Å². The van der Waals surface area contributed by atoms with Gasteiger partial charge in [0, 0.05) is 23.9 Å². The molecule has 0 aromatic carbocycles. The number of pyridine rings is 1. The van der Waals surface area contributed by atoms with E-state index in [1.807, 2.05) is 4.40 Å². The zero-order chi connectivity index (χ0) is 13.9. The van der Waals surface area contributed by atoms with Gasteiger partial charge in [0.25, 0.3) is 0 Å². The molecule has 1 N–H and O–H groups in total. The average molecular weight is 297 g/mol. The summed E-state index contributed by atoms with van der Waals surface area (Å²) in [6.45, 7) is 0.991. The molecule has 6 heteroatoms. The van der Waals surface area contributed by atoms with Crippen molar-refractivity contribution < 1.29 is 14.6 Å². The molecule has 1 fully saturated rings. The highest BCUT2D eigenvalue weighted by Crippen LogP contribution is 2.20. The van der Waals surface area contributed by atoms with Crippen LogP contribution in [0.2, 0.25) is 5.02 Å². The maximum atomic E-state index is 9.53. The normalized spacial score (nSPS) is 19.6. The molecule has 20 heavy (non-hydrogen) atoms. The van der Waals surface area contributed by atoms with Crippen LogP contribution in [0, 0.1) is 0 Å². The van der Waals surface area contributed by atoms with Gasteiger partial charge in [0.2, 0.25) is 0 Å². The first kappa shape index (κ1) is 13.8. The van der Waals surface area contributed by atoms with Gasteiger partial charge < -0.3 is 19.0 Å². The van der Waals surface area contributed by atoms with Crippen molar-refractivity contribution in [2.75, 3.05) is 6.61 Å². The molecule has 3 heterocycles. The van der Waals surface area contributed by atoms with E-state index in [-0.39, 0.29) is 12.9 Å². The Kier molecular flexibility index (Phi) is 4.21. The van der Waals surface area contributed by atoms with E-state index in [4.69, 9.17) is 21.1 Å². The van der Waals surface area contributed by atoms with Crippen LogP contribution in [0.3, 0.4) is 0 Å². The summed E-state index contributed by atoms with van der Waals surface area (Å²) in [4.78, 5) is 4.47. The Balaban J connectivity index is 1.79. The Hall–Kier alpha value is -1.14. The third kappa shape index (κ3) is 2.81. The minimum atomic E-state index is -0.163. The van der Waals surface area contributed by atoms with Gasteiger partial charge in [0.05, 0.1) is 24.6 Å². The molecular weight excluding hydrogens is 280 g/mol. The van der Waals surface area contributed by atoms with Crippen molar-refractivity contribution in [3.8, 4) is 0 Å². The van der Waals surface area contributed by atoms with Gasteiger partial charge in [-0.15, -0.1) is 0 Å². The van der Waals surface area contributed by atoms with Gasteiger partial charge >= 0.3 is 0 Å². The van der Waals surface area contributed by atoms with Crippen molar-refractivity contribution in [1.29, 1.82) is 0 Å². The summed E-state index contributed by atoms with van der Waals surface area (Å²) in [5.41, 5.74) is 2.17. The lowest BCUT2D eigenvalue weighted by atomic mass is 10.2. The molecule has 3 rings (SSSR count). The summed E-state index contributed by atoms with van der Waals surface area (Å²) in [6, 6.07) is 3.53. The van der Waals surface area contributed by atoms with Crippen LogP contribution >= 0.6 is 11.6 Å². The van der Waals surface area contributed by atoms with E-state index < -0.39 is 0 Å². The molecule has 2 aromatic heterocycles. The molecule has 1 saturated heterocycles. The number of fused-ring (bicyclic) bond motifs is 1. The predicted octanol–water partition coefficient (Wildman–Crippen LogP) is 2.52. The first-order chi connectivity index (χ1) is 9.78. The number of rotatable bonds is 4. The van der Waals surface area contributed by atoms with E-state index in [2.05, 4.69) is 4.98 Å².